The molecule has 63 heavy (non-hydrogen) atoms. The van der Waals surface area contributed by atoms with E-state index < -0.39 is 34.4 Å². The van der Waals surface area contributed by atoms with Crippen LogP contribution in [0.2, 0.25) is 11.6 Å². The number of nitrogens with one attached hydrogen (secondary N) is 1. The Morgan fingerprint density at radius 3 is 2.59 bits per heavy atom. The lowest BCUT2D eigenvalue weighted by Crippen LogP contribution is -2.65. The molecule has 3 amide bonds. The number of esters is 1. The number of aryl methyl sites for hydroxylation is 1. The molecule has 2 radical (unpaired) electrons. The second-order valence-electron chi connectivity index (χ2n) is 18.7. The summed E-state index contributed by atoms with van der Waals surface area (Å²) in [5, 5.41) is 5.46. The van der Waals surface area contributed by atoms with Crippen molar-refractivity contribution in [1.29, 1.82) is 0 Å². The van der Waals surface area contributed by atoms with E-state index in [-0.39, 0.29) is 52.3 Å². The van der Waals surface area contributed by atoms with Crippen LogP contribution in [0.25, 0.3) is 33.4 Å². The number of likely N-dealkylation sites (N-methyl/N-ethyl adjacent to an activating group) is 1. The molecule has 5 atom stereocenters. The molecule has 1 spiro atoms. The number of hydrogen-bond donors (Lipinski definition) is 1. The van der Waals surface area contributed by atoms with Crippen LogP contribution in [0.15, 0.2) is 41.9 Å². The van der Waals surface area contributed by atoms with Gasteiger partial charge in [-0.05, 0) is 74.9 Å². The normalized spacial score (nSPS) is 23.9. The second-order valence-corrected chi connectivity index (χ2v) is 21.0. The number of thiazole rings is 1. The fourth-order valence-electron chi connectivity index (χ4n) is 10.0. The third kappa shape index (κ3) is 8.49. The molecule has 3 saturated heterocycles. The molecule has 0 aliphatic carbocycles. The first-order valence-corrected chi connectivity index (χ1v) is 24.5. The van der Waals surface area contributed by atoms with Crippen molar-refractivity contribution in [1.82, 2.24) is 34.8 Å². The number of aromatic nitrogens is 3. The Labute approximate surface area is 376 Å². The summed E-state index contributed by atoms with van der Waals surface area (Å²) in [5.41, 5.74) is 7.90. The summed E-state index contributed by atoms with van der Waals surface area (Å²) in [6.07, 6.45) is 3.54. The van der Waals surface area contributed by atoms with Gasteiger partial charge in [0.05, 0.1) is 69.0 Å². The second kappa shape index (κ2) is 18.2. The number of amides is 3. The Hall–Kier alpha value is -4.48. The number of pyridine rings is 1. The number of rotatable bonds is 8. The van der Waals surface area contributed by atoms with Crippen LogP contribution in [-0.4, -0.2) is 128 Å². The van der Waals surface area contributed by atoms with Gasteiger partial charge in [0.25, 0.3) is 0 Å². The van der Waals surface area contributed by atoms with Gasteiger partial charge in [-0.3, -0.25) is 24.4 Å². The molecular formula is C47H61N7O7SSi. The predicted octanol–water partition coefficient (Wildman–Crippen LogP) is 6.61. The van der Waals surface area contributed by atoms with Crippen LogP contribution in [0.1, 0.15) is 76.8 Å². The van der Waals surface area contributed by atoms with Crippen molar-refractivity contribution in [2.45, 2.75) is 104 Å². The van der Waals surface area contributed by atoms with Crippen molar-refractivity contribution in [3.63, 3.8) is 0 Å². The maximum absolute atomic E-state index is 15.2. The smallest absolute Gasteiger partial charge is 0.324 e. The fraction of sp³-hybridized carbons (Fsp3) is 0.574. The molecule has 7 heterocycles. The molecular weight excluding hydrogens is 835 g/mol. The van der Waals surface area contributed by atoms with Crippen LogP contribution in [0, 0.1) is 16.7 Å². The van der Waals surface area contributed by atoms with Crippen molar-refractivity contribution in [3.8, 4) is 22.5 Å². The number of Topliss-reactive ketones (excluding diaryl/α,β-unsaturated/α-hetero) is 1. The highest BCUT2D eigenvalue weighted by Gasteiger charge is 2.60. The van der Waals surface area contributed by atoms with E-state index in [1.165, 1.54) is 11.3 Å². The number of hydrazine groups is 1. The summed E-state index contributed by atoms with van der Waals surface area (Å²) < 4.78 is 19.8. The molecule has 1 aromatic carbocycles. The number of benzene rings is 1. The number of hydrogen-bond acceptors (Lipinski definition) is 11. The highest BCUT2D eigenvalue weighted by atomic mass is 32.1. The van der Waals surface area contributed by atoms with Gasteiger partial charge in [0.15, 0.2) is 5.78 Å². The number of fused-ring (bicyclic) bond motifs is 6. The summed E-state index contributed by atoms with van der Waals surface area (Å²) in [6, 6.07) is 9.40. The van der Waals surface area contributed by atoms with E-state index in [0.29, 0.717) is 64.7 Å². The van der Waals surface area contributed by atoms with Gasteiger partial charge in [-0.15, -0.1) is 11.3 Å². The predicted molar refractivity (Wildman–Crippen MR) is 243 cm³/mol. The SMILES string of the molecule is CCn1c(-c2cccnc2[C@H](C)OC)c2c3cc(ccc31)-c1csc(n1)C[C@@]1(C[Si]C1C(=O)[C@H](C(C)C)N(C)C(=O)N1CCOCC1)C(=O)N1CCC[C@H](N1)C(=O)OCC(C)(C)C2. The number of methoxy groups -OCH3 is 1. The quantitative estimate of drug-likeness (QED) is 0.152. The van der Waals surface area contributed by atoms with E-state index in [4.69, 9.17) is 24.2 Å². The highest BCUT2D eigenvalue weighted by molar-refractivity contribution is 7.10. The molecule has 3 fully saturated rings. The first-order valence-electron chi connectivity index (χ1n) is 22.4. The first kappa shape index (κ1) is 45.1. The number of ketones is 1. The summed E-state index contributed by atoms with van der Waals surface area (Å²) >= 11 is 1.50. The molecule has 16 heteroatoms. The molecule has 14 nitrogen and oxygen atoms in total. The molecule has 1 N–H and O–H groups in total. The van der Waals surface area contributed by atoms with Gasteiger partial charge in [0, 0.05) is 91.3 Å². The Morgan fingerprint density at radius 2 is 1.89 bits per heavy atom. The third-order valence-corrected chi connectivity index (χ3v) is 16.3. The molecule has 4 aromatic rings. The minimum atomic E-state index is -1.11. The van der Waals surface area contributed by atoms with Crippen LogP contribution >= 0.6 is 11.3 Å². The van der Waals surface area contributed by atoms with E-state index in [2.05, 4.69) is 60.4 Å². The average molecular weight is 896 g/mol. The van der Waals surface area contributed by atoms with Crippen LogP contribution in [-0.2, 0) is 48.0 Å². The number of cyclic esters (lactones) is 1. The average Bonchev–Trinajstić information content (AvgIpc) is 3.87. The Balaban J connectivity index is 1.23. The van der Waals surface area contributed by atoms with E-state index in [1.54, 1.807) is 35.2 Å². The summed E-state index contributed by atoms with van der Waals surface area (Å²) in [7, 11) is 3.60. The molecule has 3 aromatic heterocycles. The maximum Gasteiger partial charge on any atom is 0.324 e. The monoisotopic (exact) mass is 895 g/mol. The first-order chi connectivity index (χ1) is 30.2. The van der Waals surface area contributed by atoms with Crippen molar-refractivity contribution in [2.75, 3.05) is 53.6 Å². The molecule has 0 saturated carbocycles. The Morgan fingerprint density at radius 1 is 1.11 bits per heavy atom. The van der Waals surface area contributed by atoms with Crippen LogP contribution in [0.3, 0.4) is 0 Å². The van der Waals surface area contributed by atoms with Gasteiger partial charge in [-0.2, -0.15) is 0 Å². The Bertz CT molecular complexity index is 2380. The standard InChI is InChI=1S/C47H61N7O7SSi/c1-9-53-36-15-14-30-22-32(36)33(40(53)31-12-10-16-48-38(31)29(4)59-8)23-46(5,6)26-61-43(56)34-13-11-17-54(50-34)44(57)47(24-37-49-35(30)25-62-37)27-63-42(47)41(55)39(28(2)3)51(7)45(58)52-18-20-60-21-19-52/h10,12,14-16,22,25,28-29,34,39,42,50H,9,11,13,17-21,23-24,26-27H2,1-8H3/t29-,34-,39-,42?,47-/m0/s1. The molecule has 6 bridgehead atoms. The van der Waals surface area contributed by atoms with Gasteiger partial charge in [-0.1, -0.05) is 33.8 Å². The molecule has 4 aliphatic heterocycles. The van der Waals surface area contributed by atoms with Gasteiger partial charge in [0.2, 0.25) is 5.91 Å². The molecule has 4 aliphatic rings. The van der Waals surface area contributed by atoms with Crippen molar-refractivity contribution in [2.24, 2.45) is 16.7 Å². The van der Waals surface area contributed by atoms with Gasteiger partial charge in [-0.25, -0.2) is 15.2 Å². The zero-order valence-corrected chi connectivity index (χ0v) is 39.7. The summed E-state index contributed by atoms with van der Waals surface area (Å²) in [6.45, 7) is 15.4. The molecule has 336 valence electrons. The zero-order valence-electron chi connectivity index (χ0n) is 37.9. The lowest BCUT2D eigenvalue weighted by molar-refractivity contribution is -0.159. The lowest BCUT2D eigenvalue weighted by Gasteiger charge is -2.51. The number of morpholine rings is 1. The minimum Gasteiger partial charge on any atom is -0.464 e. The number of urea groups is 1. The van der Waals surface area contributed by atoms with Crippen molar-refractivity contribution in [3.05, 3.63) is 58.2 Å². The van der Waals surface area contributed by atoms with Crippen LogP contribution in [0.4, 0.5) is 4.79 Å². The largest absolute Gasteiger partial charge is 0.464 e. The van der Waals surface area contributed by atoms with Crippen LogP contribution < -0.4 is 5.43 Å². The van der Waals surface area contributed by atoms with E-state index >= 15 is 9.59 Å². The maximum atomic E-state index is 15.2. The number of carbonyl (C=O) groups is 4. The molecule has 1 unspecified atom stereocenters. The van der Waals surface area contributed by atoms with Crippen molar-refractivity contribution >= 4 is 55.5 Å². The van der Waals surface area contributed by atoms with E-state index in [0.717, 1.165) is 49.7 Å². The minimum absolute atomic E-state index is 0.105. The summed E-state index contributed by atoms with van der Waals surface area (Å²) in [4.78, 5) is 71.3. The highest BCUT2D eigenvalue weighted by Crippen LogP contribution is 2.53. The Kier molecular flexibility index (Phi) is 13.0. The van der Waals surface area contributed by atoms with Gasteiger partial charge >= 0.3 is 12.0 Å². The number of carbonyl (C=O) groups excluding carboxylic acids is 4. The van der Waals surface area contributed by atoms with Crippen LogP contribution in [0.5, 0.6) is 0 Å². The summed E-state index contributed by atoms with van der Waals surface area (Å²) in [5.74, 6) is -0.916. The lowest BCUT2D eigenvalue weighted by atomic mass is 9.75. The molecule has 8 rings (SSSR count). The fourth-order valence-corrected chi connectivity index (χ4v) is 12.7. The van der Waals surface area contributed by atoms with Gasteiger partial charge < -0.3 is 28.6 Å². The van der Waals surface area contributed by atoms with E-state index in [9.17, 15) is 9.59 Å². The number of nitrogens with zero attached hydrogens (tertiary/aromatic N) is 6. The van der Waals surface area contributed by atoms with Gasteiger partial charge in [0.1, 0.15) is 6.04 Å². The number of ether oxygens (including phenoxy) is 3. The topological polar surface area (TPSA) is 148 Å². The van der Waals surface area contributed by atoms with Crippen molar-refractivity contribution < 1.29 is 33.4 Å². The van der Waals surface area contributed by atoms with E-state index in [1.807, 2.05) is 26.8 Å². The third-order valence-electron chi connectivity index (χ3n) is 13.4. The zero-order chi connectivity index (χ0) is 44.8.